The van der Waals surface area contributed by atoms with Crippen LogP contribution in [0.2, 0.25) is 0 Å². The summed E-state index contributed by atoms with van der Waals surface area (Å²) in [5.41, 5.74) is 1.15. The molecule has 1 saturated carbocycles. The van der Waals surface area contributed by atoms with Crippen LogP contribution in [0.1, 0.15) is 35.1 Å². The summed E-state index contributed by atoms with van der Waals surface area (Å²) in [5, 5.41) is 11.9. The first-order valence-electron chi connectivity index (χ1n) is 7.50. The molecule has 0 bridgehead atoms. The third-order valence-corrected chi connectivity index (χ3v) is 4.63. The Labute approximate surface area is 137 Å². The summed E-state index contributed by atoms with van der Waals surface area (Å²) < 4.78 is 5.47. The Bertz CT molecular complexity index is 732. The fourth-order valence-electron chi connectivity index (χ4n) is 2.38. The van der Waals surface area contributed by atoms with E-state index in [1.807, 2.05) is 12.3 Å². The van der Waals surface area contributed by atoms with Crippen LogP contribution in [-0.2, 0) is 4.79 Å². The smallest absolute Gasteiger partial charge is 0.308 e. The summed E-state index contributed by atoms with van der Waals surface area (Å²) in [7, 11) is 0. The van der Waals surface area contributed by atoms with Crippen molar-refractivity contribution in [3.63, 3.8) is 0 Å². The first kappa shape index (κ1) is 15.7. The van der Waals surface area contributed by atoms with Gasteiger partial charge in [-0.05, 0) is 25.8 Å². The van der Waals surface area contributed by atoms with Crippen LogP contribution in [-0.4, -0.2) is 39.5 Å². The molecule has 1 unspecified atom stereocenters. The maximum atomic E-state index is 12.7. The predicted octanol–water partition coefficient (Wildman–Crippen LogP) is 3.04. The van der Waals surface area contributed by atoms with E-state index in [1.54, 1.807) is 17.9 Å². The molecule has 1 N–H and O–H groups in total. The highest BCUT2D eigenvalue weighted by Gasteiger charge is 2.35. The number of hydrogen-bond donors (Lipinski definition) is 1. The van der Waals surface area contributed by atoms with Crippen LogP contribution in [0.3, 0.4) is 0 Å². The molecule has 1 aliphatic rings. The molecule has 2 aromatic rings. The second-order valence-electron chi connectivity index (χ2n) is 5.88. The summed E-state index contributed by atoms with van der Waals surface area (Å²) in [5.74, 6) is -1.11. The quantitative estimate of drug-likeness (QED) is 0.878. The summed E-state index contributed by atoms with van der Waals surface area (Å²) >= 11 is 1.52. The number of aromatic nitrogens is 1. The standard InChI is InChI=1S/C16H18N2O4S/c1-9(16(20)21)6-18(12-3-4-12)15(19)11-5-14(22-7-11)13-8-23-10(2)17-13/h5,7-9,12H,3-4,6H2,1-2H3,(H,20,21). The number of hydrogen-bond acceptors (Lipinski definition) is 5. The van der Waals surface area contributed by atoms with E-state index in [2.05, 4.69) is 4.98 Å². The van der Waals surface area contributed by atoms with E-state index in [9.17, 15) is 9.59 Å². The Morgan fingerprint density at radius 3 is 2.83 bits per heavy atom. The van der Waals surface area contributed by atoms with Gasteiger partial charge in [-0.3, -0.25) is 9.59 Å². The predicted molar refractivity (Wildman–Crippen MR) is 85.4 cm³/mol. The lowest BCUT2D eigenvalue weighted by Crippen LogP contribution is -2.38. The number of carboxylic acids is 1. The number of aliphatic carboxylic acids is 1. The van der Waals surface area contributed by atoms with Crippen molar-refractivity contribution in [3.05, 3.63) is 28.3 Å². The third kappa shape index (κ3) is 3.44. The summed E-state index contributed by atoms with van der Waals surface area (Å²) in [6.07, 6.45) is 3.27. The Hall–Kier alpha value is -2.15. The number of nitrogens with zero attached hydrogens (tertiary/aromatic N) is 2. The number of carbonyl (C=O) groups excluding carboxylic acids is 1. The number of furan rings is 1. The van der Waals surface area contributed by atoms with Crippen LogP contribution >= 0.6 is 11.3 Å². The Morgan fingerprint density at radius 2 is 2.26 bits per heavy atom. The van der Waals surface area contributed by atoms with Crippen molar-refractivity contribution in [2.24, 2.45) is 5.92 Å². The fourth-order valence-corrected chi connectivity index (χ4v) is 2.98. The van der Waals surface area contributed by atoms with Gasteiger partial charge in [0.2, 0.25) is 0 Å². The Kier molecular flexibility index (Phi) is 4.21. The number of aryl methyl sites for hydroxylation is 1. The molecule has 6 nitrogen and oxygen atoms in total. The van der Waals surface area contributed by atoms with Crippen LogP contribution in [0.15, 0.2) is 22.1 Å². The normalized spacial score (nSPS) is 15.4. The van der Waals surface area contributed by atoms with Gasteiger partial charge in [0.25, 0.3) is 5.91 Å². The van der Waals surface area contributed by atoms with Crippen LogP contribution in [0, 0.1) is 12.8 Å². The van der Waals surface area contributed by atoms with E-state index < -0.39 is 11.9 Å². The zero-order valence-corrected chi connectivity index (χ0v) is 13.8. The first-order chi connectivity index (χ1) is 11.0. The molecule has 1 aliphatic carbocycles. The van der Waals surface area contributed by atoms with Gasteiger partial charge in [-0.15, -0.1) is 11.3 Å². The fraction of sp³-hybridized carbons (Fsp3) is 0.438. The number of carboxylic acid groups (broad SMARTS) is 1. The van der Waals surface area contributed by atoms with Crippen molar-refractivity contribution < 1.29 is 19.1 Å². The van der Waals surface area contributed by atoms with Crippen molar-refractivity contribution in [1.82, 2.24) is 9.88 Å². The van der Waals surface area contributed by atoms with Crippen LogP contribution in [0.5, 0.6) is 0 Å². The SMILES string of the molecule is Cc1nc(-c2cc(C(=O)N(CC(C)C(=O)O)C3CC3)co2)cs1. The van der Waals surface area contributed by atoms with E-state index in [1.165, 1.54) is 17.6 Å². The van der Waals surface area contributed by atoms with Crippen LogP contribution in [0.4, 0.5) is 0 Å². The van der Waals surface area contributed by atoms with E-state index in [4.69, 9.17) is 9.52 Å². The Morgan fingerprint density at radius 1 is 1.52 bits per heavy atom. The molecule has 1 fully saturated rings. The summed E-state index contributed by atoms with van der Waals surface area (Å²) in [6, 6.07) is 1.82. The third-order valence-electron chi connectivity index (χ3n) is 3.86. The van der Waals surface area contributed by atoms with Gasteiger partial charge >= 0.3 is 5.97 Å². The zero-order chi connectivity index (χ0) is 16.6. The molecule has 7 heteroatoms. The lowest BCUT2D eigenvalue weighted by Gasteiger charge is -2.23. The average Bonchev–Trinajstić information content (AvgIpc) is 3.06. The van der Waals surface area contributed by atoms with Gasteiger partial charge in [0.05, 0.1) is 16.5 Å². The van der Waals surface area contributed by atoms with Gasteiger partial charge in [-0.25, -0.2) is 4.98 Å². The number of rotatable bonds is 6. The molecular weight excluding hydrogens is 316 g/mol. The molecule has 0 aliphatic heterocycles. The van der Waals surface area contributed by atoms with Crippen molar-refractivity contribution >= 4 is 23.2 Å². The van der Waals surface area contributed by atoms with E-state index in [0.717, 1.165) is 17.8 Å². The van der Waals surface area contributed by atoms with E-state index >= 15 is 0 Å². The molecule has 23 heavy (non-hydrogen) atoms. The molecule has 1 atom stereocenters. The van der Waals surface area contributed by atoms with Gasteiger partial charge in [-0.1, -0.05) is 6.92 Å². The van der Waals surface area contributed by atoms with E-state index in [-0.39, 0.29) is 18.5 Å². The molecule has 3 rings (SSSR count). The second kappa shape index (κ2) is 6.16. The maximum Gasteiger partial charge on any atom is 0.308 e. The van der Waals surface area contributed by atoms with E-state index in [0.29, 0.717) is 17.0 Å². The number of thiazole rings is 1. The Balaban J connectivity index is 1.78. The highest BCUT2D eigenvalue weighted by Crippen LogP contribution is 2.30. The van der Waals surface area contributed by atoms with Crippen molar-refractivity contribution in [3.8, 4) is 11.5 Å². The topological polar surface area (TPSA) is 83.6 Å². The lowest BCUT2D eigenvalue weighted by molar-refractivity contribution is -0.141. The monoisotopic (exact) mass is 334 g/mol. The number of amides is 1. The van der Waals surface area contributed by atoms with Gasteiger partial charge in [-0.2, -0.15) is 0 Å². The van der Waals surface area contributed by atoms with Gasteiger partial charge < -0.3 is 14.4 Å². The van der Waals surface area contributed by atoms with Crippen LogP contribution < -0.4 is 0 Å². The summed E-state index contributed by atoms with van der Waals surface area (Å²) in [6.45, 7) is 3.74. The molecule has 0 saturated heterocycles. The minimum atomic E-state index is -0.894. The highest BCUT2D eigenvalue weighted by molar-refractivity contribution is 7.09. The highest BCUT2D eigenvalue weighted by atomic mass is 32.1. The average molecular weight is 334 g/mol. The second-order valence-corrected chi connectivity index (χ2v) is 6.94. The van der Waals surface area contributed by atoms with Crippen molar-refractivity contribution in [2.75, 3.05) is 6.54 Å². The molecule has 0 aromatic carbocycles. The van der Waals surface area contributed by atoms with Crippen molar-refractivity contribution in [1.29, 1.82) is 0 Å². The molecule has 2 aromatic heterocycles. The minimum Gasteiger partial charge on any atom is -0.481 e. The first-order valence-corrected chi connectivity index (χ1v) is 8.38. The molecule has 2 heterocycles. The summed E-state index contributed by atoms with van der Waals surface area (Å²) in [4.78, 5) is 29.7. The zero-order valence-electron chi connectivity index (χ0n) is 13.0. The van der Waals surface area contributed by atoms with Crippen molar-refractivity contribution in [2.45, 2.75) is 32.7 Å². The molecule has 122 valence electrons. The van der Waals surface area contributed by atoms with Crippen LogP contribution in [0.25, 0.3) is 11.5 Å². The van der Waals surface area contributed by atoms with Gasteiger partial charge in [0.1, 0.15) is 12.0 Å². The molecule has 0 radical (unpaired) electrons. The largest absolute Gasteiger partial charge is 0.481 e. The van der Waals surface area contributed by atoms with Gasteiger partial charge in [0.15, 0.2) is 5.76 Å². The maximum absolute atomic E-state index is 12.7. The molecular formula is C16H18N2O4S. The van der Waals surface area contributed by atoms with Gasteiger partial charge in [0, 0.05) is 18.0 Å². The molecule has 0 spiro atoms. The molecule has 1 amide bonds. The number of carbonyl (C=O) groups is 2. The lowest BCUT2D eigenvalue weighted by atomic mass is 10.1. The minimum absolute atomic E-state index is 0.143.